The van der Waals surface area contributed by atoms with E-state index in [1.807, 2.05) is 30.3 Å². The molecule has 0 unspecified atom stereocenters. The van der Waals surface area contributed by atoms with Crippen molar-refractivity contribution < 1.29 is 1.37 Å². The molecule has 0 atom stereocenters. The SMILES string of the molecule is [2H]c1cc(N(c2ccc(-c3nc4ccccc4s3)cc2)c2ccc(-c3nc4ccccc4s3)cc2)cc2ccc(-c3c4ccccc4nc4ccccc34)cc12. The van der Waals surface area contributed by atoms with Gasteiger partial charge in [-0.25, -0.2) is 15.0 Å². The lowest BCUT2D eigenvalue weighted by atomic mass is 9.94. The second kappa shape index (κ2) is 13.0. The van der Waals surface area contributed by atoms with Crippen molar-refractivity contribution in [1.82, 2.24) is 15.0 Å². The largest absolute Gasteiger partial charge is 0.310 e. The van der Waals surface area contributed by atoms with E-state index < -0.39 is 0 Å². The van der Waals surface area contributed by atoms with Crippen LogP contribution in [0.3, 0.4) is 0 Å². The molecule has 0 aliphatic heterocycles. The number of thiazole rings is 2. The van der Waals surface area contributed by atoms with Gasteiger partial charge in [0.05, 0.1) is 32.8 Å². The highest BCUT2D eigenvalue weighted by Crippen LogP contribution is 2.41. The van der Waals surface area contributed by atoms with E-state index in [1.54, 1.807) is 22.7 Å². The van der Waals surface area contributed by atoms with Crippen LogP contribution in [0, 0.1) is 0 Å². The molecule has 8 aromatic carbocycles. The Morgan fingerprint density at radius 2 is 0.891 bits per heavy atom. The van der Waals surface area contributed by atoms with Crippen molar-refractivity contribution in [3.8, 4) is 32.3 Å². The van der Waals surface area contributed by atoms with Gasteiger partial charge in [0.1, 0.15) is 10.0 Å². The molecular weight excluding hydrogens is 709 g/mol. The summed E-state index contributed by atoms with van der Waals surface area (Å²) in [5, 5.41) is 6.09. The Hall–Kier alpha value is -6.73. The third kappa shape index (κ3) is 5.62. The summed E-state index contributed by atoms with van der Waals surface area (Å²) in [5.41, 5.74) is 11.2. The van der Waals surface area contributed by atoms with E-state index in [4.69, 9.17) is 15.0 Å². The van der Waals surface area contributed by atoms with Crippen molar-refractivity contribution in [1.29, 1.82) is 0 Å². The Morgan fingerprint density at radius 1 is 0.400 bits per heavy atom. The summed E-state index contributed by atoms with van der Waals surface area (Å²) in [6.07, 6.45) is 0. The second-order valence-electron chi connectivity index (χ2n) is 13.6. The molecule has 0 bridgehead atoms. The lowest BCUT2D eigenvalue weighted by Crippen LogP contribution is -2.09. The monoisotopic (exact) mass is 739 g/mol. The van der Waals surface area contributed by atoms with E-state index >= 15 is 0 Å². The van der Waals surface area contributed by atoms with Crippen LogP contribution in [-0.4, -0.2) is 15.0 Å². The molecule has 3 heterocycles. The van der Waals surface area contributed by atoms with Gasteiger partial charge >= 0.3 is 0 Å². The third-order valence-electron chi connectivity index (χ3n) is 10.2. The minimum absolute atomic E-state index is 0.462. The van der Waals surface area contributed by atoms with Crippen LogP contribution < -0.4 is 4.90 Å². The van der Waals surface area contributed by atoms with Gasteiger partial charge in [0.15, 0.2) is 0 Å². The van der Waals surface area contributed by atoms with Crippen molar-refractivity contribution in [2.75, 3.05) is 4.90 Å². The van der Waals surface area contributed by atoms with Gasteiger partial charge in [0, 0.05) is 44.5 Å². The number of hydrogen-bond donors (Lipinski definition) is 0. The Kier molecular flexibility index (Phi) is 7.25. The summed E-state index contributed by atoms with van der Waals surface area (Å²) in [6, 6.07) is 61.5. The van der Waals surface area contributed by atoms with Crippen molar-refractivity contribution >= 4 is 92.7 Å². The molecule has 55 heavy (non-hydrogen) atoms. The number of rotatable bonds is 6. The summed E-state index contributed by atoms with van der Waals surface area (Å²) in [5.74, 6) is 0. The van der Waals surface area contributed by atoms with Crippen molar-refractivity contribution in [2.45, 2.75) is 0 Å². The molecule has 0 fully saturated rings. The second-order valence-corrected chi connectivity index (χ2v) is 15.6. The van der Waals surface area contributed by atoms with E-state index in [1.165, 1.54) is 9.40 Å². The Balaban J connectivity index is 1.03. The first-order valence-electron chi connectivity index (χ1n) is 18.7. The number of benzene rings is 8. The maximum Gasteiger partial charge on any atom is 0.124 e. The molecule has 0 N–H and O–H groups in total. The van der Waals surface area contributed by atoms with Crippen LogP contribution in [-0.2, 0) is 0 Å². The zero-order valence-electron chi connectivity index (χ0n) is 30.3. The minimum Gasteiger partial charge on any atom is -0.310 e. The van der Waals surface area contributed by atoms with Crippen LogP contribution in [0.2, 0.25) is 0 Å². The molecule has 11 rings (SSSR count). The summed E-state index contributed by atoms with van der Waals surface area (Å²) in [7, 11) is 0. The topological polar surface area (TPSA) is 41.9 Å². The number of hydrogen-bond acceptors (Lipinski definition) is 6. The molecule has 3 aromatic heterocycles. The fraction of sp³-hybridized carbons (Fsp3) is 0. The Labute approximate surface area is 326 Å². The van der Waals surface area contributed by atoms with Gasteiger partial charge in [0.25, 0.3) is 0 Å². The van der Waals surface area contributed by atoms with Gasteiger partial charge in [-0.15, -0.1) is 22.7 Å². The van der Waals surface area contributed by atoms with Gasteiger partial charge in [-0.3, -0.25) is 0 Å². The molecule has 4 nitrogen and oxygen atoms in total. The summed E-state index contributed by atoms with van der Waals surface area (Å²) in [6.45, 7) is 0. The third-order valence-corrected chi connectivity index (χ3v) is 12.4. The summed E-state index contributed by atoms with van der Waals surface area (Å²) >= 11 is 3.41. The predicted octanol–water partition coefficient (Wildman–Crippen LogP) is 14.2. The van der Waals surface area contributed by atoms with Crippen molar-refractivity contribution in [2.24, 2.45) is 0 Å². The fourth-order valence-corrected chi connectivity index (χ4v) is 9.48. The molecule has 0 saturated carbocycles. The van der Waals surface area contributed by atoms with Gasteiger partial charge < -0.3 is 4.90 Å². The van der Waals surface area contributed by atoms with E-state index in [0.717, 1.165) is 92.9 Å². The molecule has 0 radical (unpaired) electrons. The zero-order chi connectivity index (χ0) is 37.2. The van der Waals surface area contributed by atoms with Crippen LogP contribution in [0.1, 0.15) is 1.37 Å². The van der Waals surface area contributed by atoms with Crippen LogP contribution in [0.25, 0.3) is 85.3 Å². The summed E-state index contributed by atoms with van der Waals surface area (Å²) < 4.78 is 11.8. The quantitative estimate of drug-likeness (QED) is 0.159. The number of aromatic nitrogens is 3. The van der Waals surface area contributed by atoms with Gasteiger partial charge in [0.2, 0.25) is 0 Å². The highest BCUT2D eigenvalue weighted by atomic mass is 32.1. The molecule has 0 spiro atoms. The minimum atomic E-state index is 0.462. The Bertz CT molecular complexity index is 3040. The predicted molar refractivity (Wildman–Crippen MR) is 234 cm³/mol. The average molecular weight is 740 g/mol. The lowest BCUT2D eigenvalue weighted by Gasteiger charge is -2.26. The van der Waals surface area contributed by atoms with Crippen molar-refractivity contribution in [3.05, 3.63) is 182 Å². The molecule has 0 aliphatic carbocycles. The van der Waals surface area contributed by atoms with Crippen LogP contribution in [0.15, 0.2) is 182 Å². The van der Waals surface area contributed by atoms with Crippen molar-refractivity contribution in [3.63, 3.8) is 0 Å². The standard InChI is InChI=1S/C49H30N4S2/c1-3-11-41-39(9-1)47(40-10-2-4-12-42(40)50-41)35-18-17-34-30-38(28-23-33(34)29-35)53(36-24-19-31(20-25-36)48-51-43-13-5-7-15-45(43)54-48)37-26-21-32(22-27-37)49-52-44-14-6-8-16-46(44)55-49/h1-30H/i23D. The highest BCUT2D eigenvalue weighted by Gasteiger charge is 2.17. The molecule has 0 aliphatic rings. The highest BCUT2D eigenvalue weighted by molar-refractivity contribution is 7.22. The Morgan fingerprint density at radius 3 is 1.44 bits per heavy atom. The molecule has 0 amide bonds. The first kappa shape index (κ1) is 30.7. The van der Waals surface area contributed by atoms with Crippen LogP contribution >= 0.6 is 22.7 Å². The van der Waals surface area contributed by atoms with Gasteiger partial charge in [-0.1, -0.05) is 78.8 Å². The number of fused-ring (bicyclic) bond motifs is 5. The lowest BCUT2D eigenvalue weighted by molar-refractivity contribution is 1.29. The normalized spacial score (nSPS) is 11.9. The van der Waals surface area contributed by atoms with E-state index in [-0.39, 0.29) is 0 Å². The first-order chi connectivity index (χ1) is 27.6. The maximum atomic E-state index is 9.45. The molecule has 258 valence electrons. The number of nitrogens with zero attached hydrogens (tertiary/aromatic N) is 4. The van der Waals surface area contributed by atoms with E-state index in [0.29, 0.717) is 6.04 Å². The van der Waals surface area contributed by atoms with Gasteiger partial charge in [-0.2, -0.15) is 0 Å². The number of para-hydroxylation sites is 4. The average Bonchev–Trinajstić information content (AvgIpc) is 3.89. The van der Waals surface area contributed by atoms with E-state index in [2.05, 4.69) is 150 Å². The molecule has 6 heteroatoms. The van der Waals surface area contributed by atoms with E-state index in [9.17, 15) is 1.37 Å². The smallest absolute Gasteiger partial charge is 0.124 e. The molecular formula is C49H30N4S2. The number of anilines is 3. The summed E-state index contributed by atoms with van der Waals surface area (Å²) in [4.78, 5) is 17.0. The fourth-order valence-electron chi connectivity index (χ4n) is 7.54. The zero-order valence-corrected chi connectivity index (χ0v) is 31.0. The van der Waals surface area contributed by atoms with Crippen LogP contribution in [0.4, 0.5) is 17.1 Å². The maximum absolute atomic E-state index is 9.45. The molecule has 0 saturated heterocycles. The number of pyridine rings is 1. The molecule has 11 aromatic rings. The first-order valence-corrected chi connectivity index (χ1v) is 19.8. The van der Waals surface area contributed by atoms with Gasteiger partial charge in [-0.05, 0) is 119 Å². The van der Waals surface area contributed by atoms with Crippen LogP contribution in [0.5, 0.6) is 0 Å².